The van der Waals surface area contributed by atoms with E-state index in [4.69, 9.17) is 11.0 Å². The number of nitrogens with two attached hydrogens (primary N) is 1. The zero-order valence-corrected chi connectivity index (χ0v) is 12.5. The summed E-state index contributed by atoms with van der Waals surface area (Å²) >= 11 is 1.77. The Hall–Kier alpha value is -1.72. The van der Waals surface area contributed by atoms with Crippen LogP contribution in [0.5, 0.6) is 0 Å². The van der Waals surface area contributed by atoms with Gasteiger partial charge in [-0.25, -0.2) is 4.98 Å². The minimum Gasteiger partial charge on any atom is -0.355 e. The average molecular weight is 295 g/mol. The normalized spacial score (nSPS) is 11.2. The molecule has 0 spiro atoms. The number of nitrogens with one attached hydrogen (secondary N) is 3. The van der Waals surface area contributed by atoms with Crippen LogP contribution in [0.25, 0.3) is 0 Å². The highest BCUT2D eigenvalue weighted by Crippen LogP contribution is 2.07. The number of thioether (sulfide) groups is 1. The Labute approximate surface area is 123 Å². The van der Waals surface area contributed by atoms with E-state index in [1.54, 1.807) is 11.8 Å². The minimum absolute atomic E-state index is 0.510. The van der Waals surface area contributed by atoms with Crippen LogP contribution >= 0.6 is 11.8 Å². The van der Waals surface area contributed by atoms with Crippen molar-refractivity contribution in [2.45, 2.75) is 19.1 Å². The summed E-state index contributed by atoms with van der Waals surface area (Å²) in [7, 11) is 0. The van der Waals surface area contributed by atoms with E-state index in [9.17, 15) is 0 Å². The highest BCUT2D eigenvalue weighted by atomic mass is 32.2. The third-order valence-corrected chi connectivity index (χ3v) is 3.31. The standard InChI is InChI=1S/C12H21N7S/c1-10-7-17-11(19-10)8-20-6-5-16-12(18-9-14)15-4-2-3-13/h7H,2-6,8,13H2,1H3,(H,17,19)(H2,15,16,18). The van der Waals surface area contributed by atoms with Gasteiger partial charge < -0.3 is 16.0 Å². The fourth-order valence-electron chi connectivity index (χ4n) is 1.43. The Morgan fingerprint density at radius 1 is 1.65 bits per heavy atom. The van der Waals surface area contributed by atoms with Crippen molar-refractivity contribution in [3.8, 4) is 6.19 Å². The van der Waals surface area contributed by atoms with E-state index >= 15 is 0 Å². The van der Waals surface area contributed by atoms with Crippen LogP contribution in [0.15, 0.2) is 11.2 Å². The summed E-state index contributed by atoms with van der Waals surface area (Å²) in [5.41, 5.74) is 6.47. The Morgan fingerprint density at radius 2 is 2.50 bits per heavy atom. The molecule has 0 saturated heterocycles. The fraction of sp³-hybridized carbons (Fsp3) is 0.583. The van der Waals surface area contributed by atoms with Crippen LogP contribution in [-0.2, 0) is 5.75 Å². The molecule has 5 N–H and O–H groups in total. The van der Waals surface area contributed by atoms with E-state index in [0.717, 1.165) is 36.0 Å². The van der Waals surface area contributed by atoms with Crippen molar-refractivity contribution in [3.05, 3.63) is 17.7 Å². The van der Waals surface area contributed by atoms with Crippen LogP contribution in [0.2, 0.25) is 0 Å². The maximum absolute atomic E-state index is 8.62. The van der Waals surface area contributed by atoms with Gasteiger partial charge in [0.15, 0.2) is 6.19 Å². The average Bonchev–Trinajstić information content (AvgIpc) is 2.84. The molecule has 0 saturated carbocycles. The van der Waals surface area contributed by atoms with E-state index < -0.39 is 0 Å². The summed E-state index contributed by atoms with van der Waals surface area (Å²) in [6.07, 6.45) is 4.50. The SMILES string of the molecule is Cc1cnc(CSCCNC(=NCCCN)NC#N)[nH]1. The summed E-state index contributed by atoms with van der Waals surface area (Å²) < 4.78 is 0. The van der Waals surface area contributed by atoms with Gasteiger partial charge in [-0.3, -0.25) is 10.3 Å². The molecule has 0 aliphatic carbocycles. The zero-order valence-electron chi connectivity index (χ0n) is 11.6. The molecule has 0 aliphatic heterocycles. The second-order valence-corrected chi connectivity index (χ2v) is 5.21. The number of guanidine groups is 1. The Morgan fingerprint density at radius 3 is 3.15 bits per heavy atom. The van der Waals surface area contributed by atoms with E-state index in [1.807, 2.05) is 19.3 Å². The first-order valence-corrected chi connectivity index (χ1v) is 7.63. The van der Waals surface area contributed by atoms with E-state index in [-0.39, 0.29) is 0 Å². The quantitative estimate of drug-likeness (QED) is 0.180. The summed E-state index contributed by atoms with van der Waals surface area (Å²) in [6, 6.07) is 0. The topological polar surface area (TPSA) is 115 Å². The van der Waals surface area contributed by atoms with Crippen molar-refractivity contribution in [1.29, 1.82) is 5.26 Å². The van der Waals surface area contributed by atoms with Crippen molar-refractivity contribution < 1.29 is 0 Å². The number of aromatic amines is 1. The van der Waals surface area contributed by atoms with Crippen LogP contribution in [0.1, 0.15) is 17.9 Å². The number of aryl methyl sites for hydroxylation is 1. The first-order valence-electron chi connectivity index (χ1n) is 6.48. The van der Waals surface area contributed by atoms with Crippen LogP contribution in [0, 0.1) is 18.4 Å². The number of aliphatic imine (C=N–C) groups is 1. The Bertz CT molecular complexity index is 449. The van der Waals surface area contributed by atoms with Crippen LogP contribution in [0.3, 0.4) is 0 Å². The maximum atomic E-state index is 8.62. The number of nitriles is 1. The summed E-state index contributed by atoms with van der Waals surface area (Å²) in [5.74, 6) is 3.25. The lowest BCUT2D eigenvalue weighted by Gasteiger charge is -2.07. The molecular formula is C12H21N7S. The highest BCUT2D eigenvalue weighted by Gasteiger charge is 1.99. The first kappa shape index (κ1) is 16.3. The fourth-order valence-corrected chi connectivity index (χ4v) is 2.16. The molecular weight excluding hydrogens is 274 g/mol. The molecule has 0 aromatic carbocycles. The van der Waals surface area contributed by atoms with Gasteiger partial charge in [-0.05, 0) is 19.9 Å². The number of hydrogen-bond acceptors (Lipinski definition) is 5. The lowest BCUT2D eigenvalue weighted by atomic mass is 10.4. The largest absolute Gasteiger partial charge is 0.355 e. The van der Waals surface area contributed by atoms with Crippen LogP contribution in [-0.4, -0.2) is 41.3 Å². The van der Waals surface area contributed by atoms with Gasteiger partial charge in [-0.15, -0.1) is 0 Å². The van der Waals surface area contributed by atoms with Crippen molar-refractivity contribution in [2.24, 2.45) is 10.7 Å². The molecule has 1 heterocycles. The van der Waals surface area contributed by atoms with Crippen molar-refractivity contribution in [1.82, 2.24) is 20.6 Å². The van der Waals surface area contributed by atoms with Gasteiger partial charge in [0.25, 0.3) is 0 Å². The predicted molar refractivity (Wildman–Crippen MR) is 82.2 cm³/mol. The van der Waals surface area contributed by atoms with Crippen molar-refractivity contribution >= 4 is 17.7 Å². The molecule has 0 amide bonds. The summed E-state index contributed by atoms with van der Waals surface area (Å²) in [5, 5.41) is 14.2. The van der Waals surface area contributed by atoms with Crippen LogP contribution < -0.4 is 16.4 Å². The molecule has 110 valence electrons. The number of imidazole rings is 1. The molecule has 1 aromatic heterocycles. The molecule has 0 radical (unpaired) electrons. The molecule has 7 nitrogen and oxygen atoms in total. The molecule has 1 aromatic rings. The molecule has 0 bridgehead atoms. The third-order valence-electron chi connectivity index (χ3n) is 2.34. The van der Waals surface area contributed by atoms with Crippen molar-refractivity contribution in [3.63, 3.8) is 0 Å². The Balaban J connectivity index is 2.17. The number of rotatable bonds is 8. The smallest absolute Gasteiger partial charge is 0.204 e. The van der Waals surface area contributed by atoms with Gasteiger partial charge in [0.2, 0.25) is 5.96 Å². The second-order valence-electron chi connectivity index (χ2n) is 4.10. The van der Waals surface area contributed by atoms with Gasteiger partial charge in [0, 0.05) is 30.7 Å². The molecule has 0 aliphatic rings. The Kier molecular flexibility index (Phi) is 8.26. The van der Waals surface area contributed by atoms with Gasteiger partial charge in [-0.2, -0.15) is 17.0 Å². The molecule has 0 fully saturated rings. The minimum atomic E-state index is 0.510. The number of hydrogen-bond donors (Lipinski definition) is 4. The third kappa shape index (κ3) is 7.01. The first-order chi connectivity index (χ1) is 9.76. The molecule has 1 rings (SSSR count). The highest BCUT2D eigenvalue weighted by molar-refractivity contribution is 7.98. The molecule has 0 unspecified atom stereocenters. The predicted octanol–water partition coefficient (Wildman–Crippen LogP) is 0.316. The maximum Gasteiger partial charge on any atom is 0.204 e. The molecule has 20 heavy (non-hydrogen) atoms. The molecule has 8 heteroatoms. The second kappa shape index (κ2) is 10.1. The van der Waals surface area contributed by atoms with Gasteiger partial charge in [0.1, 0.15) is 5.82 Å². The molecule has 0 atom stereocenters. The van der Waals surface area contributed by atoms with Crippen LogP contribution in [0.4, 0.5) is 0 Å². The van der Waals surface area contributed by atoms with Gasteiger partial charge in [-0.1, -0.05) is 0 Å². The van der Waals surface area contributed by atoms with E-state index in [2.05, 4.69) is 25.6 Å². The number of H-pyrrole nitrogens is 1. The number of nitrogens with zero attached hydrogens (tertiary/aromatic N) is 3. The zero-order chi connectivity index (χ0) is 14.6. The van der Waals surface area contributed by atoms with Crippen molar-refractivity contribution in [2.75, 3.05) is 25.4 Å². The lowest BCUT2D eigenvalue weighted by Crippen LogP contribution is -2.36. The lowest BCUT2D eigenvalue weighted by molar-refractivity contribution is 0.824. The van der Waals surface area contributed by atoms with Gasteiger partial charge in [0.05, 0.1) is 5.75 Å². The van der Waals surface area contributed by atoms with E-state index in [0.29, 0.717) is 19.0 Å². The van der Waals surface area contributed by atoms with Gasteiger partial charge >= 0.3 is 0 Å². The summed E-state index contributed by atoms with van der Waals surface area (Å²) in [4.78, 5) is 11.7. The monoisotopic (exact) mass is 295 g/mol. The summed E-state index contributed by atoms with van der Waals surface area (Å²) in [6.45, 7) is 3.94. The van der Waals surface area contributed by atoms with E-state index in [1.165, 1.54) is 0 Å². The number of aromatic nitrogens is 2.